The fourth-order valence-corrected chi connectivity index (χ4v) is 5.75. The van der Waals surface area contributed by atoms with Crippen molar-refractivity contribution in [3.8, 4) is 5.75 Å². The molecule has 5 rings (SSSR count). The van der Waals surface area contributed by atoms with Crippen LogP contribution >= 0.6 is 0 Å². The van der Waals surface area contributed by atoms with Crippen LogP contribution in [0.2, 0.25) is 0 Å². The van der Waals surface area contributed by atoms with E-state index >= 15 is 0 Å². The first-order valence-electron chi connectivity index (χ1n) is 14.5. The third-order valence-corrected chi connectivity index (χ3v) is 8.02. The minimum atomic E-state index is -1.32. The molecule has 1 aliphatic heterocycles. The second kappa shape index (κ2) is 13.4. The van der Waals surface area contributed by atoms with Crippen molar-refractivity contribution >= 4 is 46.1 Å². The SMILES string of the molecule is COc1cccc2[nH]c(C(=O)N[C@H](C(=O)N[C@@H](CN3CCNC3=O)C(=O)C(=O)Nc3ccccc3)C3CCCCC3)cc12. The molecule has 5 amide bonds. The number of nitrogens with one attached hydrogen (secondary N) is 5. The fourth-order valence-electron chi connectivity index (χ4n) is 5.75. The third-order valence-electron chi connectivity index (χ3n) is 8.02. The van der Waals surface area contributed by atoms with Crippen LogP contribution < -0.4 is 26.0 Å². The normalized spacial score (nSPS) is 16.7. The predicted octanol–water partition coefficient (Wildman–Crippen LogP) is 2.57. The summed E-state index contributed by atoms with van der Waals surface area (Å²) in [5, 5.41) is 11.6. The standard InChI is InChI=1S/C31H36N6O6/c1-43-25-14-8-13-22-21(25)17-23(34-22)28(39)36-26(19-9-4-2-5-10-19)29(40)35-24(18-37-16-15-32-31(37)42)27(38)30(41)33-20-11-6-3-7-12-20/h3,6-8,11-14,17,19,24,26,34H,2,4-5,9-10,15-16,18H2,1H3,(H,32,42)(H,33,41)(H,35,40)(H,36,39)/t24-,26-/m0/s1. The molecule has 5 N–H and O–H groups in total. The van der Waals surface area contributed by atoms with E-state index in [1.54, 1.807) is 49.6 Å². The molecule has 2 fully saturated rings. The summed E-state index contributed by atoms with van der Waals surface area (Å²) in [7, 11) is 1.55. The maximum absolute atomic E-state index is 13.9. The second-order valence-corrected chi connectivity index (χ2v) is 10.9. The maximum Gasteiger partial charge on any atom is 0.317 e. The summed E-state index contributed by atoms with van der Waals surface area (Å²) in [6, 6.07) is 12.9. The highest BCUT2D eigenvalue weighted by Gasteiger charge is 2.37. The molecule has 0 spiro atoms. The number of H-pyrrole nitrogens is 1. The van der Waals surface area contributed by atoms with Crippen molar-refractivity contribution in [2.45, 2.75) is 44.2 Å². The number of nitrogens with zero attached hydrogens (tertiary/aromatic N) is 1. The lowest BCUT2D eigenvalue weighted by Gasteiger charge is -2.31. The number of aromatic amines is 1. The number of carbonyl (C=O) groups excluding carboxylic acids is 5. The highest BCUT2D eigenvalue weighted by Crippen LogP contribution is 2.28. The number of methoxy groups -OCH3 is 1. The molecule has 1 saturated heterocycles. The molecule has 1 aromatic heterocycles. The molecule has 0 unspecified atom stereocenters. The Kier molecular flexibility index (Phi) is 9.23. The third kappa shape index (κ3) is 6.96. The Balaban J connectivity index is 1.37. The largest absolute Gasteiger partial charge is 0.496 e. The lowest BCUT2D eigenvalue weighted by molar-refractivity contribution is -0.138. The Bertz CT molecular complexity index is 1500. The van der Waals surface area contributed by atoms with E-state index in [-0.39, 0.29) is 24.2 Å². The maximum atomic E-state index is 13.9. The van der Waals surface area contributed by atoms with Gasteiger partial charge in [-0.2, -0.15) is 0 Å². The Morgan fingerprint density at radius 2 is 1.77 bits per heavy atom. The van der Waals surface area contributed by atoms with Crippen LogP contribution in [0.1, 0.15) is 42.6 Å². The molecule has 1 aliphatic carbocycles. The first kappa shape index (κ1) is 29.6. The van der Waals surface area contributed by atoms with Crippen molar-refractivity contribution in [3.05, 3.63) is 60.3 Å². The van der Waals surface area contributed by atoms with Gasteiger partial charge in [0, 0.05) is 29.7 Å². The van der Waals surface area contributed by atoms with Gasteiger partial charge in [-0.15, -0.1) is 0 Å². The first-order chi connectivity index (χ1) is 20.8. The Morgan fingerprint density at radius 3 is 2.47 bits per heavy atom. The summed E-state index contributed by atoms with van der Waals surface area (Å²) in [5.41, 5.74) is 1.39. The summed E-state index contributed by atoms with van der Waals surface area (Å²) >= 11 is 0. The van der Waals surface area contributed by atoms with E-state index in [0.717, 1.165) is 37.5 Å². The predicted molar refractivity (Wildman–Crippen MR) is 160 cm³/mol. The summed E-state index contributed by atoms with van der Waals surface area (Å²) in [4.78, 5) is 70.4. The molecule has 226 valence electrons. The number of para-hydroxylation sites is 1. The number of benzene rings is 2. The molecule has 2 heterocycles. The van der Waals surface area contributed by atoms with Crippen molar-refractivity contribution in [3.63, 3.8) is 0 Å². The highest BCUT2D eigenvalue weighted by atomic mass is 16.5. The average molecular weight is 589 g/mol. The van der Waals surface area contributed by atoms with E-state index in [0.29, 0.717) is 30.0 Å². The van der Waals surface area contributed by atoms with Crippen molar-refractivity contribution in [2.75, 3.05) is 32.1 Å². The van der Waals surface area contributed by atoms with Gasteiger partial charge in [0.1, 0.15) is 23.5 Å². The molecule has 3 aromatic rings. The van der Waals surface area contributed by atoms with Gasteiger partial charge < -0.3 is 35.9 Å². The van der Waals surface area contributed by atoms with Crippen molar-refractivity contribution < 1.29 is 28.7 Å². The van der Waals surface area contributed by atoms with Gasteiger partial charge in [-0.25, -0.2) is 4.79 Å². The molecule has 1 saturated carbocycles. The molecule has 0 radical (unpaired) electrons. The zero-order chi connectivity index (χ0) is 30.3. The zero-order valence-electron chi connectivity index (χ0n) is 24.0. The number of aromatic nitrogens is 1. The fraction of sp³-hybridized carbons (Fsp3) is 0.387. The molecule has 43 heavy (non-hydrogen) atoms. The van der Waals surface area contributed by atoms with Crippen LogP contribution in [0.4, 0.5) is 10.5 Å². The Morgan fingerprint density at radius 1 is 1.00 bits per heavy atom. The number of ether oxygens (including phenoxy) is 1. The number of fused-ring (bicyclic) bond motifs is 1. The zero-order valence-corrected chi connectivity index (χ0v) is 24.0. The van der Waals surface area contributed by atoms with Gasteiger partial charge in [-0.3, -0.25) is 19.2 Å². The summed E-state index contributed by atoms with van der Waals surface area (Å²) in [6.07, 6.45) is 4.29. The van der Waals surface area contributed by atoms with Crippen LogP contribution in [0.25, 0.3) is 10.9 Å². The Hall–Kier alpha value is -4.87. The minimum absolute atomic E-state index is 0.166. The highest BCUT2D eigenvalue weighted by molar-refractivity contribution is 6.42. The van der Waals surface area contributed by atoms with Crippen LogP contribution in [-0.4, -0.2) is 78.2 Å². The van der Waals surface area contributed by atoms with Gasteiger partial charge in [0.25, 0.3) is 11.8 Å². The summed E-state index contributed by atoms with van der Waals surface area (Å²) < 4.78 is 5.41. The average Bonchev–Trinajstić information content (AvgIpc) is 3.65. The van der Waals surface area contributed by atoms with E-state index in [4.69, 9.17) is 4.74 Å². The van der Waals surface area contributed by atoms with E-state index in [1.807, 2.05) is 12.1 Å². The Labute approximate surface area is 248 Å². The van der Waals surface area contributed by atoms with Crippen molar-refractivity contribution in [1.29, 1.82) is 0 Å². The van der Waals surface area contributed by atoms with Gasteiger partial charge in [0.05, 0.1) is 13.7 Å². The number of hydrogen-bond donors (Lipinski definition) is 5. The molecule has 2 atom stereocenters. The van der Waals surface area contributed by atoms with Gasteiger partial charge >= 0.3 is 6.03 Å². The molecule has 2 aliphatic rings. The quantitative estimate of drug-likeness (QED) is 0.216. The van der Waals surface area contributed by atoms with E-state index in [2.05, 4.69) is 26.3 Å². The topological polar surface area (TPSA) is 162 Å². The number of ketones is 1. The van der Waals surface area contributed by atoms with Crippen molar-refractivity contribution in [2.24, 2.45) is 5.92 Å². The molecular formula is C31H36N6O6. The van der Waals surface area contributed by atoms with E-state index in [1.165, 1.54) is 4.90 Å². The van der Waals surface area contributed by atoms with Crippen LogP contribution in [0.5, 0.6) is 5.75 Å². The molecular weight excluding hydrogens is 552 g/mol. The first-order valence-corrected chi connectivity index (χ1v) is 14.5. The van der Waals surface area contributed by atoms with Gasteiger partial charge in [-0.05, 0) is 49.1 Å². The molecule has 12 heteroatoms. The number of hydrogen-bond acceptors (Lipinski definition) is 6. The summed E-state index contributed by atoms with van der Waals surface area (Å²) in [5.74, 6) is -2.43. The van der Waals surface area contributed by atoms with Crippen LogP contribution in [0, 0.1) is 5.92 Å². The van der Waals surface area contributed by atoms with Gasteiger partial charge in [0.2, 0.25) is 11.7 Å². The number of rotatable bonds is 11. The van der Waals surface area contributed by atoms with E-state index in [9.17, 15) is 24.0 Å². The number of urea groups is 1. The van der Waals surface area contributed by atoms with Gasteiger partial charge in [-0.1, -0.05) is 43.5 Å². The second-order valence-electron chi connectivity index (χ2n) is 10.9. The number of carbonyl (C=O) groups is 5. The summed E-state index contributed by atoms with van der Waals surface area (Å²) in [6.45, 7) is 0.525. The number of amides is 5. The van der Waals surface area contributed by atoms with Crippen LogP contribution in [0.15, 0.2) is 54.6 Å². The minimum Gasteiger partial charge on any atom is -0.496 e. The lowest BCUT2D eigenvalue weighted by Crippen LogP contribution is -2.58. The molecule has 12 nitrogen and oxygen atoms in total. The lowest BCUT2D eigenvalue weighted by atomic mass is 9.83. The van der Waals surface area contributed by atoms with Gasteiger partial charge in [0.15, 0.2) is 0 Å². The monoisotopic (exact) mass is 588 g/mol. The van der Waals surface area contributed by atoms with Crippen molar-refractivity contribution in [1.82, 2.24) is 25.8 Å². The van der Waals surface area contributed by atoms with Crippen LogP contribution in [-0.2, 0) is 14.4 Å². The van der Waals surface area contributed by atoms with Crippen LogP contribution in [0.3, 0.4) is 0 Å². The number of Topliss-reactive ketones (excluding diaryl/α,β-unsaturated/α-hetero) is 1. The number of anilines is 1. The molecule has 0 bridgehead atoms. The molecule has 2 aromatic carbocycles. The smallest absolute Gasteiger partial charge is 0.317 e. The van der Waals surface area contributed by atoms with E-state index < -0.39 is 35.6 Å².